The molecular weight excluding hydrogens is 308 g/mol. The topological polar surface area (TPSA) is 32.3 Å². The predicted molar refractivity (Wildman–Crippen MR) is 104 cm³/mol. The fourth-order valence-electron chi connectivity index (χ4n) is 4.08. The van der Waals surface area contributed by atoms with Crippen molar-refractivity contribution in [3.8, 4) is 0 Å². The summed E-state index contributed by atoms with van der Waals surface area (Å²) in [6.45, 7) is 6.60. The van der Waals surface area contributed by atoms with Gasteiger partial charge in [0.05, 0.1) is 6.54 Å². The third-order valence-corrected chi connectivity index (χ3v) is 5.20. The lowest BCUT2D eigenvalue weighted by atomic mass is 9.87. The third-order valence-electron chi connectivity index (χ3n) is 5.20. The van der Waals surface area contributed by atoms with Crippen LogP contribution in [-0.2, 0) is 11.2 Å². The van der Waals surface area contributed by atoms with E-state index in [1.165, 1.54) is 23.1 Å². The number of fused-ring (bicyclic) bond motifs is 1. The Morgan fingerprint density at radius 2 is 1.84 bits per heavy atom. The Labute approximate surface area is 151 Å². The number of hydrogen-bond acceptors (Lipinski definition) is 2. The summed E-state index contributed by atoms with van der Waals surface area (Å²) in [6, 6.07) is 13.2. The molecule has 3 heteroatoms. The summed E-state index contributed by atoms with van der Waals surface area (Å²) in [5.74, 6) is 0.0561. The van der Waals surface area contributed by atoms with Crippen molar-refractivity contribution in [3.63, 3.8) is 0 Å². The van der Waals surface area contributed by atoms with Crippen molar-refractivity contribution < 1.29 is 4.79 Å². The fraction of sp³-hybridized carbons (Fsp3) is 0.409. The molecule has 0 aliphatic heterocycles. The van der Waals surface area contributed by atoms with Crippen LogP contribution in [0.2, 0.25) is 0 Å². The molecule has 1 N–H and O–H groups in total. The first kappa shape index (κ1) is 17.7. The quantitative estimate of drug-likeness (QED) is 0.888. The van der Waals surface area contributed by atoms with E-state index in [4.69, 9.17) is 0 Å². The van der Waals surface area contributed by atoms with Crippen molar-refractivity contribution in [2.24, 2.45) is 0 Å². The maximum absolute atomic E-state index is 12.6. The molecule has 2 aromatic rings. The zero-order valence-corrected chi connectivity index (χ0v) is 15.7. The molecule has 2 aromatic carbocycles. The smallest absolute Gasteiger partial charge is 0.238 e. The van der Waals surface area contributed by atoms with Crippen LogP contribution in [-0.4, -0.2) is 24.4 Å². The molecule has 0 saturated carbocycles. The molecule has 0 fully saturated rings. The summed E-state index contributed by atoms with van der Waals surface area (Å²) in [6.07, 6.45) is 3.45. The molecule has 1 amide bonds. The highest BCUT2D eigenvalue weighted by molar-refractivity contribution is 5.93. The molecular formula is C22H28N2O. The Balaban J connectivity index is 1.70. The first-order chi connectivity index (χ1) is 12.0. The minimum Gasteiger partial charge on any atom is -0.324 e. The van der Waals surface area contributed by atoms with Crippen molar-refractivity contribution in [2.75, 3.05) is 18.9 Å². The van der Waals surface area contributed by atoms with Gasteiger partial charge in [-0.3, -0.25) is 9.69 Å². The zero-order chi connectivity index (χ0) is 18.0. The maximum atomic E-state index is 12.6. The zero-order valence-electron chi connectivity index (χ0n) is 15.7. The lowest BCUT2D eigenvalue weighted by molar-refractivity contribution is -0.117. The third kappa shape index (κ3) is 3.93. The number of anilines is 1. The summed E-state index contributed by atoms with van der Waals surface area (Å²) in [5, 5.41) is 3.12. The number of carbonyl (C=O) groups excluding carboxylic acids is 1. The van der Waals surface area contributed by atoms with Crippen LogP contribution >= 0.6 is 0 Å². The molecule has 0 aromatic heterocycles. The normalized spacial score (nSPS) is 16.6. The van der Waals surface area contributed by atoms with Gasteiger partial charge in [0.25, 0.3) is 0 Å². The second kappa shape index (κ2) is 7.40. The fourth-order valence-corrected chi connectivity index (χ4v) is 4.08. The molecule has 0 radical (unpaired) electrons. The van der Waals surface area contributed by atoms with Crippen LogP contribution in [0.1, 0.15) is 46.7 Å². The van der Waals surface area contributed by atoms with Crippen molar-refractivity contribution in [1.82, 2.24) is 4.90 Å². The van der Waals surface area contributed by atoms with E-state index in [0.717, 1.165) is 29.7 Å². The highest BCUT2D eigenvalue weighted by atomic mass is 16.2. The van der Waals surface area contributed by atoms with Gasteiger partial charge in [-0.15, -0.1) is 0 Å². The van der Waals surface area contributed by atoms with Crippen LogP contribution in [0.25, 0.3) is 0 Å². The Morgan fingerprint density at radius 1 is 1.16 bits per heavy atom. The monoisotopic (exact) mass is 336 g/mol. The van der Waals surface area contributed by atoms with Crippen LogP contribution < -0.4 is 5.32 Å². The summed E-state index contributed by atoms with van der Waals surface area (Å²) in [7, 11) is 2.06. The molecule has 1 aliphatic rings. The van der Waals surface area contributed by atoms with E-state index in [0.29, 0.717) is 12.6 Å². The van der Waals surface area contributed by atoms with E-state index < -0.39 is 0 Å². The first-order valence-corrected chi connectivity index (χ1v) is 9.11. The standard InChI is InChI=1S/C22H28N2O/c1-15-12-16(2)22(17(3)13-15)23-21(25)14-24(4)20-11-7-9-18-8-5-6-10-19(18)20/h5-6,8,10,12-13,20H,7,9,11,14H2,1-4H3,(H,23,25)/t20-/m0/s1. The van der Waals surface area contributed by atoms with Crippen LogP contribution in [0.5, 0.6) is 0 Å². The molecule has 0 heterocycles. The van der Waals surface area contributed by atoms with E-state index >= 15 is 0 Å². The Morgan fingerprint density at radius 3 is 2.56 bits per heavy atom. The summed E-state index contributed by atoms with van der Waals surface area (Å²) in [4.78, 5) is 14.8. The number of benzene rings is 2. The van der Waals surface area contributed by atoms with E-state index in [1.807, 2.05) is 0 Å². The Bertz CT molecular complexity index is 758. The van der Waals surface area contributed by atoms with Crippen LogP contribution in [0.4, 0.5) is 5.69 Å². The van der Waals surface area contributed by atoms with Crippen molar-refractivity contribution in [2.45, 2.75) is 46.1 Å². The molecule has 132 valence electrons. The van der Waals surface area contributed by atoms with Gasteiger partial charge < -0.3 is 5.32 Å². The van der Waals surface area contributed by atoms with Gasteiger partial charge in [0, 0.05) is 11.7 Å². The van der Waals surface area contributed by atoms with Crippen LogP contribution in [0.15, 0.2) is 36.4 Å². The lowest BCUT2D eigenvalue weighted by Gasteiger charge is -2.33. The maximum Gasteiger partial charge on any atom is 0.238 e. The molecule has 3 rings (SSSR count). The number of aryl methyl sites for hydroxylation is 4. The van der Waals surface area contributed by atoms with Gasteiger partial charge in [-0.2, -0.15) is 0 Å². The van der Waals surface area contributed by atoms with E-state index in [9.17, 15) is 4.79 Å². The average Bonchev–Trinajstić information content (AvgIpc) is 2.57. The summed E-state index contributed by atoms with van der Waals surface area (Å²) >= 11 is 0. The molecule has 0 saturated heterocycles. The van der Waals surface area contributed by atoms with Gasteiger partial charge in [0.15, 0.2) is 0 Å². The van der Waals surface area contributed by atoms with Crippen LogP contribution in [0, 0.1) is 20.8 Å². The molecule has 0 unspecified atom stereocenters. The number of amides is 1. The number of carbonyl (C=O) groups is 1. The molecule has 0 spiro atoms. The largest absolute Gasteiger partial charge is 0.324 e. The SMILES string of the molecule is Cc1cc(C)c(NC(=O)CN(C)[C@H]2CCCc3ccccc32)c(C)c1. The van der Waals surface area contributed by atoms with Gasteiger partial charge in [-0.25, -0.2) is 0 Å². The van der Waals surface area contributed by atoms with Crippen molar-refractivity contribution in [3.05, 3.63) is 64.2 Å². The predicted octanol–water partition coefficient (Wildman–Crippen LogP) is 4.56. The van der Waals surface area contributed by atoms with E-state index in [2.05, 4.69) is 74.4 Å². The minimum absolute atomic E-state index is 0.0561. The molecule has 25 heavy (non-hydrogen) atoms. The first-order valence-electron chi connectivity index (χ1n) is 9.11. The van der Waals surface area contributed by atoms with E-state index in [1.54, 1.807) is 0 Å². The van der Waals surface area contributed by atoms with Gasteiger partial charge in [-0.05, 0) is 69.3 Å². The highest BCUT2D eigenvalue weighted by Gasteiger charge is 2.24. The highest BCUT2D eigenvalue weighted by Crippen LogP contribution is 2.33. The van der Waals surface area contributed by atoms with Gasteiger partial charge in [0.2, 0.25) is 5.91 Å². The van der Waals surface area contributed by atoms with Crippen molar-refractivity contribution in [1.29, 1.82) is 0 Å². The number of likely N-dealkylation sites (N-methyl/N-ethyl adjacent to an activating group) is 1. The summed E-state index contributed by atoms with van der Waals surface area (Å²) in [5.41, 5.74) is 7.23. The van der Waals surface area contributed by atoms with Gasteiger partial charge in [0.1, 0.15) is 0 Å². The Hall–Kier alpha value is -2.13. The molecule has 1 atom stereocenters. The Kier molecular flexibility index (Phi) is 5.24. The number of nitrogens with one attached hydrogen (secondary N) is 1. The number of rotatable bonds is 4. The average molecular weight is 336 g/mol. The van der Waals surface area contributed by atoms with Crippen LogP contribution in [0.3, 0.4) is 0 Å². The van der Waals surface area contributed by atoms with E-state index in [-0.39, 0.29) is 5.91 Å². The molecule has 3 nitrogen and oxygen atoms in total. The number of nitrogens with zero attached hydrogens (tertiary/aromatic N) is 1. The van der Waals surface area contributed by atoms with Gasteiger partial charge >= 0.3 is 0 Å². The number of hydrogen-bond donors (Lipinski definition) is 1. The second-order valence-corrected chi connectivity index (χ2v) is 7.34. The van der Waals surface area contributed by atoms with Crippen molar-refractivity contribution >= 4 is 11.6 Å². The summed E-state index contributed by atoms with van der Waals surface area (Å²) < 4.78 is 0. The van der Waals surface area contributed by atoms with Gasteiger partial charge in [-0.1, -0.05) is 42.0 Å². The lowest BCUT2D eigenvalue weighted by Crippen LogP contribution is -2.35. The minimum atomic E-state index is 0.0561. The second-order valence-electron chi connectivity index (χ2n) is 7.34. The molecule has 1 aliphatic carbocycles. The molecule has 0 bridgehead atoms.